The lowest BCUT2D eigenvalue weighted by atomic mass is 10.2. The molecule has 0 amide bonds. The SMILES string of the molecule is CCOC(=O)C(C)N=Nc1cccc(C#N)c1. The van der Waals surface area contributed by atoms with Gasteiger partial charge in [-0.2, -0.15) is 15.5 Å². The van der Waals surface area contributed by atoms with Gasteiger partial charge in [-0.25, -0.2) is 4.79 Å². The van der Waals surface area contributed by atoms with Crippen LogP contribution in [0.2, 0.25) is 0 Å². The monoisotopic (exact) mass is 231 g/mol. The van der Waals surface area contributed by atoms with Crippen molar-refractivity contribution in [2.24, 2.45) is 10.2 Å². The molecule has 0 N–H and O–H groups in total. The van der Waals surface area contributed by atoms with Crippen LogP contribution >= 0.6 is 0 Å². The van der Waals surface area contributed by atoms with Gasteiger partial charge in [-0.1, -0.05) is 6.07 Å². The van der Waals surface area contributed by atoms with Crippen LogP contribution in [-0.4, -0.2) is 18.6 Å². The average molecular weight is 231 g/mol. The average Bonchev–Trinajstić information content (AvgIpc) is 2.36. The largest absolute Gasteiger partial charge is 0.464 e. The molecule has 5 heteroatoms. The molecule has 17 heavy (non-hydrogen) atoms. The fourth-order valence-electron chi connectivity index (χ4n) is 1.10. The topological polar surface area (TPSA) is 74.8 Å². The summed E-state index contributed by atoms with van der Waals surface area (Å²) in [4.78, 5) is 11.3. The van der Waals surface area contributed by atoms with Crippen molar-refractivity contribution in [3.63, 3.8) is 0 Å². The molecule has 1 aromatic rings. The van der Waals surface area contributed by atoms with Gasteiger partial charge in [-0.05, 0) is 32.0 Å². The summed E-state index contributed by atoms with van der Waals surface area (Å²) in [6, 6.07) is 8.06. The highest BCUT2D eigenvalue weighted by Gasteiger charge is 2.11. The Morgan fingerprint density at radius 2 is 2.35 bits per heavy atom. The minimum Gasteiger partial charge on any atom is -0.464 e. The molecule has 1 atom stereocenters. The highest BCUT2D eigenvalue weighted by Crippen LogP contribution is 2.14. The van der Waals surface area contributed by atoms with Crippen molar-refractivity contribution in [1.29, 1.82) is 5.26 Å². The highest BCUT2D eigenvalue weighted by molar-refractivity contribution is 5.75. The van der Waals surface area contributed by atoms with Crippen LogP contribution in [-0.2, 0) is 9.53 Å². The van der Waals surface area contributed by atoms with Crippen molar-refractivity contribution < 1.29 is 9.53 Å². The van der Waals surface area contributed by atoms with E-state index < -0.39 is 12.0 Å². The molecule has 0 saturated carbocycles. The zero-order valence-corrected chi connectivity index (χ0v) is 9.75. The number of nitrogens with zero attached hydrogens (tertiary/aromatic N) is 3. The number of hydrogen-bond acceptors (Lipinski definition) is 5. The van der Waals surface area contributed by atoms with Gasteiger partial charge in [0.05, 0.1) is 23.9 Å². The van der Waals surface area contributed by atoms with E-state index in [9.17, 15) is 4.79 Å². The van der Waals surface area contributed by atoms with Crippen LogP contribution in [0.15, 0.2) is 34.5 Å². The van der Waals surface area contributed by atoms with Crippen molar-refractivity contribution >= 4 is 11.7 Å². The van der Waals surface area contributed by atoms with E-state index in [0.717, 1.165) is 0 Å². The van der Waals surface area contributed by atoms with E-state index in [1.807, 2.05) is 6.07 Å². The number of esters is 1. The highest BCUT2D eigenvalue weighted by atomic mass is 16.5. The number of hydrogen-bond donors (Lipinski definition) is 0. The Balaban J connectivity index is 2.70. The Morgan fingerprint density at radius 1 is 1.59 bits per heavy atom. The molecule has 88 valence electrons. The third-order valence-corrected chi connectivity index (χ3v) is 1.95. The molecule has 0 aliphatic rings. The molecule has 0 bridgehead atoms. The maximum absolute atomic E-state index is 11.3. The minimum absolute atomic E-state index is 0.322. The number of ether oxygens (including phenoxy) is 1. The Kier molecular flexibility index (Phi) is 4.82. The Bertz CT molecular complexity index is 463. The molecule has 1 unspecified atom stereocenters. The Morgan fingerprint density at radius 3 is 3.00 bits per heavy atom. The van der Waals surface area contributed by atoms with Crippen molar-refractivity contribution in [3.8, 4) is 6.07 Å². The molecule has 0 aliphatic heterocycles. The first kappa shape index (κ1) is 12.8. The predicted molar refractivity (Wildman–Crippen MR) is 61.8 cm³/mol. The molecule has 1 aromatic carbocycles. The summed E-state index contributed by atoms with van der Waals surface area (Å²) in [6.07, 6.45) is 0. The van der Waals surface area contributed by atoms with Crippen LogP contribution < -0.4 is 0 Å². The lowest BCUT2D eigenvalue weighted by Crippen LogP contribution is -2.17. The normalized spacial score (nSPS) is 12.1. The van der Waals surface area contributed by atoms with Gasteiger partial charge >= 0.3 is 5.97 Å². The lowest BCUT2D eigenvalue weighted by molar-refractivity contribution is -0.144. The standard InChI is InChI=1S/C12H13N3O2/c1-3-17-12(16)9(2)14-15-11-6-4-5-10(7-11)8-13/h4-7,9H,3H2,1-2H3. The summed E-state index contributed by atoms with van der Waals surface area (Å²) in [7, 11) is 0. The van der Waals surface area contributed by atoms with E-state index in [1.165, 1.54) is 0 Å². The first-order valence-electron chi connectivity index (χ1n) is 5.25. The fraction of sp³-hybridized carbons (Fsp3) is 0.333. The number of benzene rings is 1. The minimum atomic E-state index is -0.638. The number of rotatable bonds is 4. The molecule has 0 heterocycles. The molecule has 0 fully saturated rings. The molecule has 1 rings (SSSR count). The van der Waals surface area contributed by atoms with E-state index in [2.05, 4.69) is 10.2 Å². The van der Waals surface area contributed by atoms with E-state index in [4.69, 9.17) is 10.00 Å². The van der Waals surface area contributed by atoms with Crippen molar-refractivity contribution in [2.75, 3.05) is 6.61 Å². The smallest absolute Gasteiger partial charge is 0.332 e. The summed E-state index contributed by atoms with van der Waals surface area (Å²) in [6.45, 7) is 3.66. The summed E-state index contributed by atoms with van der Waals surface area (Å²) in [5.74, 6) is -0.410. The third kappa shape index (κ3) is 4.03. The maximum atomic E-state index is 11.3. The van der Waals surface area contributed by atoms with Gasteiger partial charge in [0.25, 0.3) is 0 Å². The number of carbonyl (C=O) groups excluding carboxylic acids is 1. The van der Waals surface area contributed by atoms with Crippen LogP contribution in [0.4, 0.5) is 5.69 Å². The first-order chi connectivity index (χ1) is 8.17. The zero-order valence-electron chi connectivity index (χ0n) is 9.75. The number of carbonyl (C=O) groups is 1. The third-order valence-electron chi connectivity index (χ3n) is 1.95. The lowest BCUT2D eigenvalue weighted by Gasteiger charge is -2.03. The first-order valence-corrected chi connectivity index (χ1v) is 5.25. The van der Waals surface area contributed by atoms with E-state index in [-0.39, 0.29) is 0 Å². The molecular weight excluding hydrogens is 218 g/mol. The van der Waals surface area contributed by atoms with Crippen LogP contribution in [0.5, 0.6) is 0 Å². The van der Waals surface area contributed by atoms with E-state index >= 15 is 0 Å². The number of nitriles is 1. The predicted octanol–water partition coefficient (Wildman–Crippen LogP) is 2.59. The van der Waals surface area contributed by atoms with E-state index in [0.29, 0.717) is 17.9 Å². The molecule has 0 saturated heterocycles. The van der Waals surface area contributed by atoms with Gasteiger partial charge in [0.15, 0.2) is 6.04 Å². The summed E-state index contributed by atoms with van der Waals surface area (Å²) in [5.41, 5.74) is 1.05. The van der Waals surface area contributed by atoms with Gasteiger partial charge in [-0.15, -0.1) is 0 Å². The van der Waals surface area contributed by atoms with Crippen LogP contribution in [0.25, 0.3) is 0 Å². The van der Waals surface area contributed by atoms with Crippen molar-refractivity contribution in [3.05, 3.63) is 29.8 Å². The van der Waals surface area contributed by atoms with Gasteiger partial charge < -0.3 is 4.74 Å². The zero-order chi connectivity index (χ0) is 12.7. The van der Waals surface area contributed by atoms with E-state index in [1.54, 1.807) is 38.1 Å². The summed E-state index contributed by atoms with van der Waals surface area (Å²) in [5, 5.41) is 16.4. The fourth-order valence-corrected chi connectivity index (χ4v) is 1.10. The molecule has 0 aliphatic carbocycles. The van der Waals surface area contributed by atoms with Crippen LogP contribution in [0, 0.1) is 11.3 Å². The molecule has 0 radical (unpaired) electrons. The second-order valence-electron chi connectivity index (χ2n) is 3.31. The summed E-state index contributed by atoms with van der Waals surface area (Å²) >= 11 is 0. The number of azo groups is 1. The van der Waals surface area contributed by atoms with Crippen LogP contribution in [0.1, 0.15) is 19.4 Å². The quantitative estimate of drug-likeness (QED) is 0.590. The summed E-state index contributed by atoms with van der Waals surface area (Å²) < 4.78 is 4.79. The van der Waals surface area contributed by atoms with Gasteiger partial charge in [0.1, 0.15) is 0 Å². The van der Waals surface area contributed by atoms with Crippen molar-refractivity contribution in [2.45, 2.75) is 19.9 Å². The molecule has 0 aromatic heterocycles. The van der Waals surface area contributed by atoms with Gasteiger partial charge in [0.2, 0.25) is 0 Å². The molecular formula is C12H13N3O2. The Hall–Kier alpha value is -2.22. The second kappa shape index (κ2) is 6.38. The Labute approximate surface area is 99.7 Å². The van der Waals surface area contributed by atoms with Gasteiger partial charge in [-0.3, -0.25) is 0 Å². The molecule has 0 spiro atoms. The van der Waals surface area contributed by atoms with Crippen LogP contribution in [0.3, 0.4) is 0 Å². The maximum Gasteiger partial charge on any atom is 0.332 e. The molecule has 5 nitrogen and oxygen atoms in total. The van der Waals surface area contributed by atoms with Gasteiger partial charge in [0, 0.05) is 0 Å². The second-order valence-corrected chi connectivity index (χ2v) is 3.31. The van der Waals surface area contributed by atoms with Crippen molar-refractivity contribution in [1.82, 2.24) is 0 Å².